The quantitative estimate of drug-likeness (QED) is 0.521. The minimum absolute atomic E-state index is 0.108. The molecular weight excluding hydrogens is 136 g/mol. The molecule has 0 amide bonds. The highest BCUT2D eigenvalue weighted by Crippen LogP contribution is 2.34. The van der Waals surface area contributed by atoms with Crippen LogP contribution in [-0.2, 0) is 4.79 Å². The van der Waals surface area contributed by atoms with Gasteiger partial charge in [-0.1, -0.05) is 19.4 Å². The number of hydrogen-bond acceptors (Lipinski definition) is 1. The Kier molecular flexibility index (Phi) is 1.91. The SMILES string of the molecule is CC1=C(C)C(=O)C(C)(C)CC1. The minimum Gasteiger partial charge on any atom is -0.294 e. The lowest BCUT2D eigenvalue weighted by Gasteiger charge is -2.29. The Morgan fingerprint density at radius 3 is 2.27 bits per heavy atom. The van der Waals surface area contributed by atoms with Crippen LogP contribution in [0.4, 0.5) is 0 Å². The van der Waals surface area contributed by atoms with E-state index in [1.165, 1.54) is 5.57 Å². The summed E-state index contributed by atoms with van der Waals surface area (Å²) in [6, 6.07) is 0. The summed E-state index contributed by atoms with van der Waals surface area (Å²) in [5.74, 6) is 0.334. The smallest absolute Gasteiger partial charge is 0.164 e. The van der Waals surface area contributed by atoms with Crippen LogP contribution >= 0.6 is 0 Å². The first-order valence-corrected chi connectivity index (χ1v) is 4.16. The summed E-state index contributed by atoms with van der Waals surface area (Å²) >= 11 is 0. The Morgan fingerprint density at radius 1 is 1.27 bits per heavy atom. The fraction of sp³-hybridized carbons (Fsp3) is 0.700. The Labute approximate surface area is 68.5 Å². The molecule has 0 saturated carbocycles. The molecule has 0 bridgehead atoms. The topological polar surface area (TPSA) is 17.1 Å². The molecule has 1 heteroatoms. The minimum atomic E-state index is -0.108. The standard InChI is InChI=1S/C10H16O/c1-7-5-6-10(3,4)9(11)8(7)2/h5-6H2,1-4H3. The second-order valence-electron chi connectivity index (χ2n) is 4.12. The van der Waals surface area contributed by atoms with Gasteiger partial charge in [0.2, 0.25) is 0 Å². The van der Waals surface area contributed by atoms with Crippen LogP contribution in [0.2, 0.25) is 0 Å². The van der Waals surface area contributed by atoms with Gasteiger partial charge in [0.15, 0.2) is 5.78 Å². The molecule has 0 fully saturated rings. The van der Waals surface area contributed by atoms with Gasteiger partial charge in [0, 0.05) is 5.41 Å². The van der Waals surface area contributed by atoms with Crippen LogP contribution in [0, 0.1) is 5.41 Å². The lowest BCUT2D eigenvalue weighted by Crippen LogP contribution is -2.29. The van der Waals surface area contributed by atoms with Crippen LogP contribution in [0.5, 0.6) is 0 Å². The lowest BCUT2D eigenvalue weighted by molar-refractivity contribution is -0.124. The third-order valence-corrected chi connectivity index (χ3v) is 2.72. The number of Topliss-reactive ketones (excluding diaryl/α,β-unsaturated/α-hetero) is 1. The summed E-state index contributed by atoms with van der Waals surface area (Å²) in [6.07, 6.45) is 2.10. The van der Waals surface area contributed by atoms with Gasteiger partial charge in [-0.15, -0.1) is 0 Å². The number of carbonyl (C=O) groups excluding carboxylic acids is 1. The third-order valence-electron chi connectivity index (χ3n) is 2.72. The maximum Gasteiger partial charge on any atom is 0.164 e. The van der Waals surface area contributed by atoms with Gasteiger partial charge in [-0.3, -0.25) is 4.79 Å². The van der Waals surface area contributed by atoms with Crippen molar-refractivity contribution < 1.29 is 4.79 Å². The van der Waals surface area contributed by atoms with Crippen LogP contribution in [0.15, 0.2) is 11.1 Å². The number of allylic oxidation sites excluding steroid dienone is 2. The first-order chi connectivity index (χ1) is 4.95. The molecule has 1 aliphatic rings. The maximum atomic E-state index is 11.6. The van der Waals surface area contributed by atoms with Crippen LogP contribution in [-0.4, -0.2) is 5.78 Å². The molecule has 11 heavy (non-hydrogen) atoms. The first kappa shape index (κ1) is 8.51. The van der Waals surface area contributed by atoms with E-state index in [4.69, 9.17) is 0 Å². The molecule has 0 heterocycles. The average Bonchev–Trinajstić information content (AvgIpc) is 1.95. The zero-order valence-electron chi connectivity index (χ0n) is 7.82. The highest BCUT2D eigenvalue weighted by Gasteiger charge is 2.32. The lowest BCUT2D eigenvalue weighted by atomic mass is 9.74. The molecule has 0 aromatic heterocycles. The van der Waals surface area contributed by atoms with E-state index in [-0.39, 0.29) is 5.41 Å². The summed E-state index contributed by atoms with van der Waals surface area (Å²) in [7, 11) is 0. The van der Waals surface area contributed by atoms with Gasteiger partial charge in [-0.05, 0) is 32.3 Å². The van der Waals surface area contributed by atoms with Crippen molar-refractivity contribution in [3.63, 3.8) is 0 Å². The van der Waals surface area contributed by atoms with Crippen LogP contribution in [0.1, 0.15) is 40.5 Å². The normalized spacial score (nSPS) is 24.2. The third kappa shape index (κ3) is 1.37. The van der Waals surface area contributed by atoms with Crippen LogP contribution < -0.4 is 0 Å². The van der Waals surface area contributed by atoms with Crippen molar-refractivity contribution in [3.05, 3.63) is 11.1 Å². The van der Waals surface area contributed by atoms with Gasteiger partial charge in [-0.2, -0.15) is 0 Å². The zero-order chi connectivity index (χ0) is 8.65. The summed E-state index contributed by atoms with van der Waals surface area (Å²) in [5.41, 5.74) is 2.15. The largest absolute Gasteiger partial charge is 0.294 e. The molecule has 0 radical (unpaired) electrons. The molecule has 62 valence electrons. The van der Waals surface area contributed by atoms with Gasteiger partial charge in [0.1, 0.15) is 0 Å². The molecule has 1 aliphatic carbocycles. The van der Waals surface area contributed by atoms with E-state index < -0.39 is 0 Å². The number of rotatable bonds is 0. The van der Waals surface area contributed by atoms with E-state index in [9.17, 15) is 4.79 Å². The summed E-state index contributed by atoms with van der Waals surface area (Å²) < 4.78 is 0. The summed E-state index contributed by atoms with van der Waals surface area (Å²) in [6.45, 7) is 8.07. The molecule has 1 nitrogen and oxygen atoms in total. The number of ketones is 1. The first-order valence-electron chi connectivity index (χ1n) is 4.16. The van der Waals surface area contributed by atoms with E-state index in [2.05, 4.69) is 6.92 Å². The van der Waals surface area contributed by atoms with E-state index in [1.54, 1.807) is 0 Å². The van der Waals surface area contributed by atoms with Crippen molar-refractivity contribution in [2.75, 3.05) is 0 Å². The van der Waals surface area contributed by atoms with Gasteiger partial charge in [0.05, 0.1) is 0 Å². The Morgan fingerprint density at radius 2 is 1.82 bits per heavy atom. The highest BCUT2D eigenvalue weighted by molar-refractivity contribution is 6.00. The zero-order valence-corrected chi connectivity index (χ0v) is 7.82. The van der Waals surface area contributed by atoms with Gasteiger partial charge in [0.25, 0.3) is 0 Å². The van der Waals surface area contributed by atoms with Gasteiger partial charge in [-0.25, -0.2) is 0 Å². The maximum absolute atomic E-state index is 11.6. The van der Waals surface area contributed by atoms with Crippen molar-refractivity contribution in [2.45, 2.75) is 40.5 Å². The Hall–Kier alpha value is -0.590. The fourth-order valence-electron chi connectivity index (χ4n) is 1.50. The van der Waals surface area contributed by atoms with E-state index in [0.29, 0.717) is 5.78 Å². The molecule has 0 aromatic rings. The predicted octanol–water partition coefficient (Wildman–Crippen LogP) is 2.71. The second kappa shape index (κ2) is 2.47. The Balaban J connectivity index is 3.00. The molecule has 0 N–H and O–H groups in total. The Bertz CT molecular complexity index is 221. The monoisotopic (exact) mass is 152 g/mol. The fourth-order valence-corrected chi connectivity index (χ4v) is 1.50. The molecule has 0 spiro atoms. The second-order valence-corrected chi connectivity index (χ2v) is 4.12. The van der Waals surface area contributed by atoms with Crippen molar-refractivity contribution >= 4 is 5.78 Å². The molecule has 0 unspecified atom stereocenters. The van der Waals surface area contributed by atoms with Crippen molar-refractivity contribution in [2.24, 2.45) is 5.41 Å². The number of carbonyl (C=O) groups is 1. The van der Waals surface area contributed by atoms with E-state index in [0.717, 1.165) is 18.4 Å². The number of hydrogen-bond donors (Lipinski definition) is 0. The highest BCUT2D eigenvalue weighted by atomic mass is 16.1. The van der Waals surface area contributed by atoms with Crippen molar-refractivity contribution in [1.29, 1.82) is 0 Å². The molecule has 0 saturated heterocycles. The summed E-state index contributed by atoms with van der Waals surface area (Å²) in [4.78, 5) is 11.6. The van der Waals surface area contributed by atoms with E-state index in [1.807, 2.05) is 20.8 Å². The van der Waals surface area contributed by atoms with Crippen LogP contribution in [0.3, 0.4) is 0 Å². The molecular formula is C10H16O. The van der Waals surface area contributed by atoms with Crippen molar-refractivity contribution in [3.8, 4) is 0 Å². The predicted molar refractivity (Wildman–Crippen MR) is 46.4 cm³/mol. The molecule has 0 aliphatic heterocycles. The summed E-state index contributed by atoms with van der Waals surface area (Å²) in [5, 5.41) is 0. The van der Waals surface area contributed by atoms with Crippen LogP contribution in [0.25, 0.3) is 0 Å². The molecule has 1 rings (SSSR count). The van der Waals surface area contributed by atoms with E-state index >= 15 is 0 Å². The average molecular weight is 152 g/mol. The van der Waals surface area contributed by atoms with Gasteiger partial charge < -0.3 is 0 Å². The molecule has 0 aromatic carbocycles. The van der Waals surface area contributed by atoms with Gasteiger partial charge >= 0.3 is 0 Å². The molecule has 0 atom stereocenters. The van der Waals surface area contributed by atoms with Crippen molar-refractivity contribution in [1.82, 2.24) is 0 Å².